The number of urea groups is 1. The minimum atomic E-state index is -0.828. The Balaban J connectivity index is 2.23. The van der Waals surface area contributed by atoms with E-state index in [1.165, 1.54) is 19.3 Å². The molecule has 0 aromatic carbocycles. The predicted molar refractivity (Wildman–Crippen MR) is 58.0 cm³/mol. The zero-order valence-corrected chi connectivity index (χ0v) is 9.64. The lowest BCUT2D eigenvalue weighted by molar-refractivity contribution is -0.143. The predicted octanol–water partition coefficient (Wildman–Crippen LogP) is 0.656. The number of hydrogen-bond donors (Lipinski definition) is 0. The van der Waals surface area contributed by atoms with E-state index in [9.17, 15) is 14.4 Å². The summed E-state index contributed by atoms with van der Waals surface area (Å²) < 4.78 is 0. The van der Waals surface area contributed by atoms with Gasteiger partial charge in [0.05, 0.1) is 6.54 Å². The largest absolute Gasteiger partial charge is 0.334 e. The van der Waals surface area contributed by atoms with Crippen LogP contribution in [0, 0.1) is 0 Å². The fraction of sp³-hybridized carbons (Fsp3) is 0.200. The first-order valence-electron chi connectivity index (χ1n) is 4.74. The van der Waals surface area contributed by atoms with Crippen molar-refractivity contribution in [2.45, 2.75) is 6.54 Å². The standard InChI is InChI=1S/C10H8ClN3O3/c1-13-8(15)9(16)14(10(13)17)5-6-2-3-12-7(11)4-6/h2-4H,5H2,1H3. The Bertz CT molecular complexity index is 517. The molecule has 1 fully saturated rings. The van der Waals surface area contributed by atoms with Gasteiger partial charge >= 0.3 is 17.8 Å². The van der Waals surface area contributed by atoms with Crippen molar-refractivity contribution in [2.75, 3.05) is 7.05 Å². The Morgan fingerprint density at radius 3 is 2.53 bits per heavy atom. The number of likely N-dealkylation sites (N-methyl/N-ethyl adjacent to an activating group) is 1. The molecule has 1 aromatic heterocycles. The summed E-state index contributed by atoms with van der Waals surface area (Å²) in [5.74, 6) is -1.65. The number of nitrogens with zero attached hydrogens (tertiary/aromatic N) is 3. The average molecular weight is 254 g/mol. The highest BCUT2D eigenvalue weighted by Gasteiger charge is 2.41. The van der Waals surface area contributed by atoms with E-state index in [1.54, 1.807) is 6.07 Å². The third kappa shape index (κ3) is 1.99. The van der Waals surface area contributed by atoms with Crippen molar-refractivity contribution in [2.24, 2.45) is 0 Å². The van der Waals surface area contributed by atoms with Crippen LogP contribution >= 0.6 is 11.6 Å². The van der Waals surface area contributed by atoms with Crippen LogP contribution in [0.1, 0.15) is 5.56 Å². The van der Waals surface area contributed by atoms with Crippen molar-refractivity contribution in [3.05, 3.63) is 29.0 Å². The Labute approximate surface area is 102 Å². The van der Waals surface area contributed by atoms with Gasteiger partial charge in [0.15, 0.2) is 0 Å². The molecule has 2 heterocycles. The van der Waals surface area contributed by atoms with Crippen LogP contribution < -0.4 is 0 Å². The van der Waals surface area contributed by atoms with E-state index >= 15 is 0 Å². The van der Waals surface area contributed by atoms with Gasteiger partial charge in [0, 0.05) is 13.2 Å². The monoisotopic (exact) mass is 253 g/mol. The second kappa shape index (κ2) is 4.14. The first-order valence-corrected chi connectivity index (χ1v) is 5.12. The SMILES string of the molecule is CN1C(=O)C(=O)N(Cc2ccnc(Cl)c2)C1=O. The van der Waals surface area contributed by atoms with Crippen LogP contribution in [0.25, 0.3) is 0 Å². The highest BCUT2D eigenvalue weighted by Crippen LogP contribution is 2.15. The number of pyridine rings is 1. The molecule has 0 N–H and O–H groups in total. The topological polar surface area (TPSA) is 70.6 Å². The molecule has 0 bridgehead atoms. The quantitative estimate of drug-likeness (QED) is 0.441. The van der Waals surface area contributed by atoms with Crippen molar-refractivity contribution >= 4 is 29.4 Å². The summed E-state index contributed by atoms with van der Waals surface area (Å²) in [4.78, 5) is 39.8. The van der Waals surface area contributed by atoms with E-state index in [1.807, 2.05) is 0 Å². The molecular formula is C10H8ClN3O3. The maximum absolute atomic E-state index is 11.6. The van der Waals surface area contributed by atoms with Crippen molar-refractivity contribution in [1.82, 2.24) is 14.8 Å². The molecule has 17 heavy (non-hydrogen) atoms. The Morgan fingerprint density at radius 1 is 1.29 bits per heavy atom. The molecule has 1 saturated heterocycles. The maximum Gasteiger partial charge on any atom is 0.334 e. The molecule has 4 amide bonds. The number of hydrogen-bond acceptors (Lipinski definition) is 4. The van der Waals surface area contributed by atoms with E-state index in [0.29, 0.717) is 5.56 Å². The normalized spacial score (nSPS) is 16.0. The first-order chi connectivity index (χ1) is 8.00. The van der Waals surface area contributed by atoms with E-state index in [4.69, 9.17) is 11.6 Å². The van der Waals surface area contributed by atoms with E-state index in [0.717, 1.165) is 9.80 Å². The van der Waals surface area contributed by atoms with Gasteiger partial charge in [-0.25, -0.2) is 9.78 Å². The fourth-order valence-electron chi connectivity index (χ4n) is 1.48. The summed E-state index contributed by atoms with van der Waals surface area (Å²) in [5, 5.41) is 0.265. The molecule has 0 saturated carbocycles. The Kier molecular flexibility index (Phi) is 2.81. The second-order valence-electron chi connectivity index (χ2n) is 3.52. The van der Waals surface area contributed by atoms with Gasteiger partial charge in [0.1, 0.15) is 5.15 Å². The van der Waals surface area contributed by atoms with Crippen LogP contribution in [0.3, 0.4) is 0 Å². The van der Waals surface area contributed by atoms with Crippen LogP contribution in [0.2, 0.25) is 5.15 Å². The molecule has 0 unspecified atom stereocenters. The molecule has 0 spiro atoms. The van der Waals surface area contributed by atoms with Crippen LogP contribution in [0.15, 0.2) is 18.3 Å². The number of rotatable bonds is 2. The molecule has 0 aliphatic carbocycles. The summed E-state index contributed by atoms with van der Waals surface area (Å²) in [6, 6.07) is 2.52. The van der Waals surface area contributed by atoms with Gasteiger partial charge in [0.2, 0.25) is 0 Å². The summed E-state index contributed by atoms with van der Waals surface area (Å²) in [6.07, 6.45) is 1.47. The lowest BCUT2D eigenvalue weighted by Gasteiger charge is -2.12. The lowest BCUT2D eigenvalue weighted by atomic mass is 10.2. The fourth-order valence-corrected chi connectivity index (χ4v) is 1.67. The van der Waals surface area contributed by atoms with Gasteiger partial charge in [-0.2, -0.15) is 0 Å². The number of imide groups is 2. The first kappa shape index (κ1) is 11.5. The molecule has 1 aliphatic heterocycles. The van der Waals surface area contributed by atoms with Crippen molar-refractivity contribution in [3.63, 3.8) is 0 Å². The molecule has 2 rings (SSSR count). The van der Waals surface area contributed by atoms with Gasteiger partial charge in [-0.05, 0) is 17.7 Å². The zero-order valence-electron chi connectivity index (χ0n) is 8.88. The van der Waals surface area contributed by atoms with Gasteiger partial charge in [-0.3, -0.25) is 19.4 Å². The minimum absolute atomic E-state index is 0.00991. The summed E-state index contributed by atoms with van der Waals surface area (Å²) in [5.41, 5.74) is 0.634. The molecule has 1 aliphatic rings. The van der Waals surface area contributed by atoms with Crippen molar-refractivity contribution < 1.29 is 14.4 Å². The maximum atomic E-state index is 11.6. The third-order valence-corrected chi connectivity index (χ3v) is 2.59. The molecular weight excluding hydrogens is 246 g/mol. The Hall–Kier alpha value is -1.95. The van der Waals surface area contributed by atoms with Crippen LogP contribution in [0.4, 0.5) is 4.79 Å². The highest BCUT2D eigenvalue weighted by molar-refractivity contribution is 6.44. The van der Waals surface area contributed by atoms with E-state index in [2.05, 4.69) is 4.98 Å². The number of aromatic nitrogens is 1. The van der Waals surface area contributed by atoms with Crippen LogP contribution in [-0.4, -0.2) is 39.7 Å². The second-order valence-corrected chi connectivity index (χ2v) is 3.91. The molecule has 6 nitrogen and oxygen atoms in total. The number of halogens is 1. The molecule has 0 radical (unpaired) electrons. The molecule has 7 heteroatoms. The highest BCUT2D eigenvalue weighted by atomic mass is 35.5. The van der Waals surface area contributed by atoms with Crippen LogP contribution in [0.5, 0.6) is 0 Å². The van der Waals surface area contributed by atoms with E-state index in [-0.39, 0.29) is 11.7 Å². The van der Waals surface area contributed by atoms with Gasteiger partial charge in [0.25, 0.3) is 0 Å². The molecule has 88 valence electrons. The van der Waals surface area contributed by atoms with Gasteiger partial charge in [-0.15, -0.1) is 0 Å². The molecule has 1 aromatic rings. The number of amides is 4. The van der Waals surface area contributed by atoms with Crippen molar-refractivity contribution in [3.8, 4) is 0 Å². The summed E-state index contributed by atoms with van der Waals surface area (Å²) in [6.45, 7) is 0.00991. The average Bonchev–Trinajstić information content (AvgIpc) is 2.47. The minimum Gasteiger partial charge on any atom is -0.263 e. The number of carbonyl (C=O) groups excluding carboxylic acids is 3. The van der Waals surface area contributed by atoms with Gasteiger partial charge in [-0.1, -0.05) is 11.6 Å². The zero-order chi connectivity index (χ0) is 12.6. The van der Waals surface area contributed by atoms with Gasteiger partial charge < -0.3 is 0 Å². The summed E-state index contributed by atoms with van der Waals surface area (Å²) >= 11 is 5.68. The molecule has 0 atom stereocenters. The smallest absolute Gasteiger partial charge is 0.263 e. The van der Waals surface area contributed by atoms with Crippen LogP contribution in [-0.2, 0) is 16.1 Å². The Morgan fingerprint density at radius 2 is 2.00 bits per heavy atom. The number of carbonyl (C=O) groups is 3. The lowest BCUT2D eigenvalue weighted by Crippen LogP contribution is -2.31. The van der Waals surface area contributed by atoms with Crippen molar-refractivity contribution in [1.29, 1.82) is 0 Å². The third-order valence-electron chi connectivity index (χ3n) is 2.38. The van der Waals surface area contributed by atoms with E-state index < -0.39 is 17.8 Å². The summed E-state index contributed by atoms with van der Waals surface area (Å²) in [7, 11) is 1.27.